The minimum Gasteiger partial charge on any atom is -0.387 e. The van der Waals surface area contributed by atoms with E-state index in [0.717, 1.165) is 24.8 Å². The van der Waals surface area contributed by atoms with Gasteiger partial charge in [-0.05, 0) is 37.2 Å². The van der Waals surface area contributed by atoms with E-state index in [-0.39, 0.29) is 18.2 Å². The molecule has 1 saturated carbocycles. The molecule has 10 heteroatoms. The van der Waals surface area contributed by atoms with Crippen molar-refractivity contribution < 1.29 is 24.8 Å². The number of ether oxygens (including phenoxy) is 2. The lowest BCUT2D eigenvalue weighted by molar-refractivity contribution is -0.0682. The van der Waals surface area contributed by atoms with Crippen LogP contribution in [0.25, 0.3) is 11.2 Å². The van der Waals surface area contributed by atoms with Crippen LogP contribution in [0.3, 0.4) is 0 Å². The van der Waals surface area contributed by atoms with Gasteiger partial charge < -0.3 is 30.5 Å². The van der Waals surface area contributed by atoms with Gasteiger partial charge in [-0.25, -0.2) is 15.0 Å². The second-order valence-electron chi connectivity index (χ2n) is 9.15. The van der Waals surface area contributed by atoms with E-state index in [1.807, 2.05) is 30.3 Å². The fraction of sp³-hybridized carbons (Fsp3) is 0.480. The summed E-state index contributed by atoms with van der Waals surface area (Å²) in [6, 6.07) is 9.66. The third kappa shape index (κ3) is 5.00. The first-order valence-electron chi connectivity index (χ1n) is 11.8. The van der Waals surface area contributed by atoms with Gasteiger partial charge in [0.15, 0.2) is 17.7 Å². The van der Waals surface area contributed by atoms with Gasteiger partial charge in [0, 0.05) is 0 Å². The molecule has 3 heterocycles. The van der Waals surface area contributed by atoms with Crippen LogP contribution in [-0.4, -0.2) is 65.4 Å². The predicted octanol–water partition coefficient (Wildman–Crippen LogP) is 1.29. The Balaban J connectivity index is 1.34. The predicted molar refractivity (Wildman–Crippen MR) is 127 cm³/mol. The van der Waals surface area contributed by atoms with Crippen molar-refractivity contribution in [3.63, 3.8) is 0 Å². The number of aliphatic hydroxyl groups is 3. The van der Waals surface area contributed by atoms with Crippen molar-refractivity contribution in [2.24, 2.45) is 0 Å². The van der Waals surface area contributed by atoms with Gasteiger partial charge >= 0.3 is 0 Å². The van der Waals surface area contributed by atoms with Crippen molar-refractivity contribution in [1.29, 1.82) is 0 Å². The number of nitrogens with two attached hydrogens (primary N) is 1. The highest BCUT2D eigenvalue weighted by molar-refractivity contribution is 5.82. The molecule has 2 aliphatic rings. The quantitative estimate of drug-likeness (QED) is 0.397. The van der Waals surface area contributed by atoms with Crippen molar-refractivity contribution in [2.45, 2.75) is 68.9 Å². The van der Waals surface area contributed by atoms with Crippen LogP contribution in [0.2, 0.25) is 0 Å². The van der Waals surface area contributed by atoms with Crippen molar-refractivity contribution in [3.05, 3.63) is 48.0 Å². The van der Waals surface area contributed by atoms with Crippen LogP contribution in [0.15, 0.2) is 36.7 Å². The Morgan fingerprint density at radius 2 is 1.89 bits per heavy atom. The Hall–Kier alpha value is -3.07. The molecule has 2 unspecified atom stereocenters. The second kappa shape index (κ2) is 9.89. The van der Waals surface area contributed by atoms with Gasteiger partial charge in [0.25, 0.3) is 0 Å². The molecule has 1 saturated heterocycles. The van der Waals surface area contributed by atoms with Crippen LogP contribution in [0.1, 0.15) is 49.7 Å². The lowest BCUT2D eigenvalue weighted by atomic mass is 9.85. The third-order valence-corrected chi connectivity index (χ3v) is 6.54. The number of rotatable bonds is 5. The fourth-order valence-corrected chi connectivity index (χ4v) is 4.58. The molecular weight excluding hydrogens is 450 g/mol. The molecule has 3 aromatic rings. The maximum absolute atomic E-state index is 10.7. The zero-order valence-corrected chi connectivity index (χ0v) is 19.2. The number of anilines is 1. The van der Waals surface area contributed by atoms with Crippen molar-refractivity contribution >= 4 is 17.0 Å². The van der Waals surface area contributed by atoms with Gasteiger partial charge in [0.2, 0.25) is 5.82 Å². The Labute approximate surface area is 202 Å². The number of aliphatic hydroxyl groups excluding tert-OH is 2. The Morgan fingerprint density at radius 3 is 2.66 bits per heavy atom. The molecule has 0 spiro atoms. The van der Waals surface area contributed by atoms with Crippen LogP contribution in [0.5, 0.6) is 0 Å². The van der Waals surface area contributed by atoms with Crippen molar-refractivity contribution in [3.8, 4) is 11.8 Å². The summed E-state index contributed by atoms with van der Waals surface area (Å²) in [7, 11) is 0. The summed E-state index contributed by atoms with van der Waals surface area (Å²) < 4.78 is 13.2. The number of hydrogen-bond donors (Lipinski definition) is 4. The SMILES string of the molecule is Nc1nc(C#CC2(O)CCCCC2)nc2c1ncn2[C@@H]1O[C@H](COCc2ccccc2)C(O)C1O. The molecule has 0 bridgehead atoms. The molecule has 10 nitrogen and oxygen atoms in total. The summed E-state index contributed by atoms with van der Waals surface area (Å²) in [5.74, 6) is 6.03. The molecule has 5 N–H and O–H groups in total. The Morgan fingerprint density at radius 1 is 1.11 bits per heavy atom. The summed E-state index contributed by atoms with van der Waals surface area (Å²) in [4.78, 5) is 12.9. The highest BCUT2D eigenvalue weighted by atomic mass is 16.6. The maximum Gasteiger partial charge on any atom is 0.209 e. The summed E-state index contributed by atoms with van der Waals surface area (Å²) in [6.45, 7) is 0.461. The average Bonchev–Trinajstić information content (AvgIpc) is 3.41. The first-order chi connectivity index (χ1) is 16.9. The lowest BCUT2D eigenvalue weighted by Gasteiger charge is -2.26. The monoisotopic (exact) mass is 479 g/mol. The highest BCUT2D eigenvalue weighted by Crippen LogP contribution is 2.32. The highest BCUT2D eigenvalue weighted by Gasteiger charge is 2.44. The van der Waals surface area contributed by atoms with E-state index < -0.39 is 30.1 Å². The first kappa shape index (κ1) is 23.7. The molecule has 1 aliphatic heterocycles. The molecule has 1 aliphatic carbocycles. The smallest absolute Gasteiger partial charge is 0.209 e. The Bertz CT molecular complexity index is 1230. The first-order valence-corrected chi connectivity index (χ1v) is 11.8. The van der Waals surface area contributed by atoms with E-state index in [2.05, 4.69) is 26.8 Å². The van der Waals surface area contributed by atoms with E-state index >= 15 is 0 Å². The van der Waals surface area contributed by atoms with Crippen LogP contribution in [-0.2, 0) is 16.1 Å². The summed E-state index contributed by atoms with van der Waals surface area (Å²) in [5, 5.41) is 31.9. The number of nitrogen functional groups attached to an aromatic ring is 1. The molecule has 0 amide bonds. The van der Waals surface area contributed by atoms with Crippen LogP contribution in [0, 0.1) is 11.8 Å². The van der Waals surface area contributed by atoms with Gasteiger partial charge in [0.1, 0.15) is 29.4 Å². The van der Waals surface area contributed by atoms with Crippen molar-refractivity contribution in [1.82, 2.24) is 19.5 Å². The topological polar surface area (TPSA) is 149 Å². The summed E-state index contributed by atoms with van der Waals surface area (Å²) in [5.41, 5.74) is 6.69. The molecule has 2 fully saturated rings. The normalized spacial score (nSPS) is 25.9. The molecular formula is C25H29N5O5. The minimum atomic E-state index is -1.23. The van der Waals surface area contributed by atoms with Crippen LogP contribution < -0.4 is 5.73 Å². The third-order valence-electron chi connectivity index (χ3n) is 6.54. The van der Waals surface area contributed by atoms with E-state index in [1.54, 1.807) is 0 Å². The molecule has 2 aromatic heterocycles. The van der Waals surface area contributed by atoms with Gasteiger partial charge in [-0.3, -0.25) is 4.57 Å². The zero-order valence-electron chi connectivity index (χ0n) is 19.2. The Kier molecular flexibility index (Phi) is 6.69. The fourth-order valence-electron chi connectivity index (χ4n) is 4.58. The molecule has 35 heavy (non-hydrogen) atoms. The number of benzene rings is 1. The molecule has 184 valence electrons. The van der Waals surface area contributed by atoms with E-state index in [0.29, 0.717) is 30.6 Å². The van der Waals surface area contributed by atoms with Gasteiger partial charge in [0.05, 0.1) is 19.5 Å². The largest absolute Gasteiger partial charge is 0.387 e. The average molecular weight is 480 g/mol. The number of aromatic nitrogens is 4. The van der Waals surface area contributed by atoms with Gasteiger partial charge in [-0.1, -0.05) is 42.7 Å². The summed E-state index contributed by atoms with van der Waals surface area (Å²) >= 11 is 0. The molecule has 4 atom stereocenters. The number of imidazole rings is 1. The zero-order chi connectivity index (χ0) is 24.4. The molecule has 0 radical (unpaired) electrons. The number of fused-ring (bicyclic) bond motifs is 1. The van der Waals surface area contributed by atoms with E-state index in [9.17, 15) is 15.3 Å². The molecule has 5 rings (SSSR count). The standard InChI is InChI=1S/C25H29N5O5/c26-22-19-23(29-18(28-22)9-12-25(33)10-5-2-6-11-25)30(15-27-19)24-21(32)20(31)17(35-24)14-34-13-16-7-3-1-4-8-16/h1,3-4,7-8,15,17,20-21,24,31-33H,2,5-6,10-11,13-14H2,(H2,26,28,29)/t17-,20?,21?,24-/m1/s1. The second-order valence-corrected chi connectivity index (χ2v) is 9.15. The minimum absolute atomic E-state index is 0.0999. The lowest BCUT2D eigenvalue weighted by Crippen LogP contribution is -2.33. The van der Waals surface area contributed by atoms with Gasteiger partial charge in [-0.15, -0.1) is 0 Å². The number of nitrogens with zero attached hydrogens (tertiary/aromatic N) is 4. The van der Waals surface area contributed by atoms with Crippen molar-refractivity contribution in [2.75, 3.05) is 12.3 Å². The number of hydrogen-bond acceptors (Lipinski definition) is 9. The van der Waals surface area contributed by atoms with E-state index in [4.69, 9.17) is 15.2 Å². The summed E-state index contributed by atoms with van der Waals surface area (Å²) in [6.07, 6.45) is 1.53. The van der Waals surface area contributed by atoms with E-state index in [1.165, 1.54) is 10.9 Å². The van der Waals surface area contributed by atoms with Gasteiger partial charge in [-0.2, -0.15) is 0 Å². The van der Waals surface area contributed by atoms with Crippen LogP contribution >= 0.6 is 0 Å². The maximum atomic E-state index is 10.7. The molecule has 1 aromatic carbocycles. The van der Waals surface area contributed by atoms with Crippen LogP contribution in [0.4, 0.5) is 5.82 Å².